The number of phenols is 3. The quantitative estimate of drug-likeness (QED) is 0.585. The molecule has 3 aromatic carbocycles. The number of aromatic hydroxyl groups is 3. The molecule has 0 unspecified atom stereocenters. The van der Waals surface area contributed by atoms with Crippen LogP contribution < -0.4 is 0 Å². The van der Waals surface area contributed by atoms with E-state index in [-0.39, 0.29) is 17.2 Å². The van der Waals surface area contributed by atoms with Crippen molar-refractivity contribution in [1.29, 1.82) is 0 Å². The molecular weight excluding hydrogens is 252 g/mol. The van der Waals surface area contributed by atoms with E-state index in [0.717, 1.165) is 11.1 Å². The Hall–Kier alpha value is -2.68. The second-order valence-electron chi connectivity index (χ2n) is 4.84. The fourth-order valence-electron chi connectivity index (χ4n) is 2.50. The Balaban J connectivity index is 2.34. The number of benzene rings is 3. The number of aryl methyl sites for hydroxylation is 1. The molecule has 0 aromatic heterocycles. The Kier molecular flexibility index (Phi) is 2.75. The Bertz CT molecular complexity index is 807. The van der Waals surface area contributed by atoms with E-state index >= 15 is 0 Å². The van der Waals surface area contributed by atoms with Gasteiger partial charge in [-0.15, -0.1) is 0 Å². The minimum Gasteiger partial charge on any atom is -0.508 e. The van der Waals surface area contributed by atoms with Gasteiger partial charge in [0.15, 0.2) is 0 Å². The van der Waals surface area contributed by atoms with Gasteiger partial charge in [-0.3, -0.25) is 0 Å². The van der Waals surface area contributed by atoms with Crippen LogP contribution in [0.4, 0.5) is 0 Å². The molecule has 0 fully saturated rings. The van der Waals surface area contributed by atoms with Crippen molar-refractivity contribution < 1.29 is 15.3 Å². The molecule has 3 rings (SSSR count). The van der Waals surface area contributed by atoms with E-state index in [1.807, 2.05) is 19.1 Å². The zero-order chi connectivity index (χ0) is 14.3. The van der Waals surface area contributed by atoms with Crippen molar-refractivity contribution in [2.45, 2.75) is 6.92 Å². The highest BCUT2D eigenvalue weighted by Gasteiger charge is 2.14. The summed E-state index contributed by atoms with van der Waals surface area (Å²) in [4.78, 5) is 0. The van der Waals surface area contributed by atoms with Crippen LogP contribution in [-0.4, -0.2) is 15.3 Å². The first-order valence-corrected chi connectivity index (χ1v) is 6.31. The summed E-state index contributed by atoms with van der Waals surface area (Å²) >= 11 is 0. The summed E-state index contributed by atoms with van der Waals surface area (Å²) in [6.07, 6.45) is 0. The standard InChI is InChI=1S/C17H14O3/c1-10-8-11(18)6-7-12(10)15-9-16(19)13-4-2-3-5-14(13)17(15)20/h2-9,18-20H,1H3. The largest absolute Gasteiger partial charge is 0.508 e. The molecule has 0 saturated carbocycles. The average molecular weight is 266 g/mol. The second kappa shape index (κ2) is 4.46. The third-order valence-electron chi connectivity index (χ3n) is 3.49. The van der Waals surface area contributed by atoms with Gasteiger partial charge in [-0.1, -0.05) is 30.3 Å². The maximum atomic E-state index is 10.4. The lowest BCUT2D eigenvalue weighted by Crippen LogP contribution is -1.86. The molecule has 0 heterocycles. The second-order valence-corrected chi connectivity index (χ2v) is 4.84. The minimum atomic E-state index is 0.126. The van der Waals surface area contributed by atoms with Crippen molar-refractivity contribution >= 4 is 10.8 Å². The van der Waals surface area contributed by atoms with Crippen molar-refractivity contribution in [3.05, 3.63) is 54.1 Å². The Labute approximate surface area is 116 Å². The molecule has 0 aliphatic carbocycles. The molecule has 0 radical (unpaired) electrons. The van der Waals surface area contributed by atoms with E-state index in [4.69, 9.17) is 0 Å². The molecule has 3 aromatic rings. The van der Waals surface area contributed by atoms with Crippen molar-refractivity contribution in [1.82, 2.24) is 0 Å². The lowest BCUT2D eigenvalue weighted by molar-refractivity contribution is 0.470. The highest BCUT2D eigenvalue weighted by molar-refractivity contribution is 5.99. The van der Waals surface area contributed by atoms with Gasteiger partial charge in [0.05, 0.1) is 0 Å². The van der Waals surface area contributed by atoms with Gasteiger partial charge in [-0.05, 0) is 36.2 Å². The van der Waals surface area contributed by atoms with Crippen molar-refractivity contribution in [2.75, 3.05) is 0 Å². The predicted molar refractivity (Wildman–Crippen MR) is 79.1 cm³/mol. The average Bonchev–Trinajstić information content (AvgIpc) is 2.43. The van der Waals surface area contributed by atoms with Crippen LogP contribution in [0.15, 0.2) is 48.5 Å². The van der Waals surface area contributed by atoms with Gasteiger partial charge in [0.25, 0.3) is 0 Å². The summed E-state index contributed by atoms with van der Waals surface area (Å²) in [5, 5.41) is 31.3. The Morgan fingerprint density at radius 1 is 0.750 bits per heavy atom. The van der Waals surface area contributed by atoms with E-state index in [0.29, 0.717) is 16.3 Å². The zero-order valence-electron chi connectivity index (χ0n) is 11.0. The molecule has 0 spiro atoms. The summed E-state index contributed by atoms with van der Waals surface area (Å²) in [7, 11) is 0. The van der Waals surface area contributed by atoms with Crippen LogP contribution in [0.25, 0.3) is 21.9 Å². The van der Waals surface area contributed by atoms with Gasteiger partial charge >= 0.3 is 0 Å². The van der Waals surface area contributed by atoms with E-state index in [9.17, 15) is 15.3 Å². The van der Waals surface area contributed by atoms with Crippen LogP contribution in [0.2, 0.25) is 0 Å². The number of hydrogen-bond acceptors (Lipinski definition) is 3. The van der Waals surface area contributed by atoms with E-state index < -0.39 is 0 Å². The lowest BCUT2D eigenvalue weighted by atomic mass is 9.95. The summed E-state index contributed by atoms with van der Waals surface area (Å²) in [5.74, 6) is 0.434. The predicted octanol–water partition coefficient (Wildman–Crippen LogP) is 3.93. The molecule has 0 saturated heterocycles. The molecule has 100 valence electrons. The first kappa shape index (κ1) is 12.4. The third-order valence-corrected chi connectivity index (χ3v) is 3.49. The monoisotopic (exact) mass is 266 g/mol. The molecule has 0 atom stereocenters. The van der Waals surface area contributed by atoms with E-state index in [1.165, 1.54) is 0 Å². The Morgan fingerprint density at radius 2 is 1.45 bits per heavy atom. The van der Waals surface area contributed by atoms with Gasteiger partial charge in [-0.25, -0.2) is 0 Å². The van der Waals surface area contributed by atoms with Crippen molar-refractivity contribution in [3.63, 3.8) is 0 Å². The fourth-order valence-corrected chi connectivity index (χ4v) is 2.50. The molecule has 0 amide bonds. The minimum absolute atomic E-state index is 0.126. The fraction of sp³-hybridized carbons (Fsp3) is 0.0588. The summed E-state index contributed by atoms with van der Waals surface area (Å²) in [6.45, 7) is 1.85. The van der Waals surface area contributed by atoms with Gasteiger partial charge < -0.3 is 15.3 Å². The number of rotatable bonds is 1. The molecule has 3 nitrogen and oxygen atoms in total. The van der Waals surface area contributed by atoms with Gasteiger partial charge in [0, 0.05) is 16.3 Å². The van der Waals surface area contributed by atoms with Crippen LogP contribution in [-0.2, 0) is 0 Å². The molecule has 3 N–H and O–H groups in total. The highest BCUT2D eigenvalue weighted by Crippen LogP contribution is 2.42. The maximum Gasteiger partial charge on any atom is 0.131 e. The molecule has 0 aliphatic heterocycles. The topological polar surface area (TPSA) is 60.7 Å². The van der Waals surface area contributed by atoms with E-state index in [1.54, 1.807) is 36.4 Å². The molecular formula is C17H14O3. The van der Waals surface area contributed by atoms with Crippen molar-refractivity contribution in [3.8, 4) is 28.4 Å². The van der Waals surface area contributed by atoms with Crippen LogP contribution >= 0.6 is 0 Å². The van der Waals surface area contributed by atoms with E-state index in [2.05, 4.69) is 0 Å². The summed E-state index contributed by atoms with van der Waals surface area (Å²) in [6, 6.07) is 13.6. The lowest BCUT2D eigenvalue weighted by Gasteiger charge is -2.12. The highest BCUT2D eigenvalue weighted by atomic mass is 16.3. The first-order chi connectivity index (χ1) is 9.58. The van der Waals surface area contributed by atoms with Crippen LogP contribution in [0, 0.1) is 6.92 Å². The smallest absolute Gasteiger partial charge is 0.131 e. The number of fused-ring (bicyclic) bond motifs is 1. The summed E-state index contributed by atoms with van der Waals surface area (Å²) < 4.78 is 0. The van der Waals surface area contributed by atoms with Gasteiger partial charge in [0.1, 0.15) is 17.2 Å². The third kappa shape index (κ3) is 1.84. The maximum absolute atomic E-state index is 10.4. The molecule has 0 aliphatic rings. The molecule has 0 bridgehead atoms. The first-order valence-electron chi connectivity index (χ1n) is 6.31. The number of hydrogen-bond donors (Lipinski definition) is 3. The van der Waals surface area contributed by atoms with Crippen molar-refractivity contribution in [2.24, 2.45) is 0 Å². The van der Waals surface area contributed by atoms with Crippen LogP contribution in [0.5, 0.6) is 17.2 Å². The normalized spacial score (nSPS) is 10.8. The van der Waals surface area contributed by atoms with Gasteiger partial charge in [0.2, 0.25) is 0 Å². The Morgan fingerprint density at radius 3 is 2.15 bits per heavy atom. The molecule has 3 heteroatoms. The van der Waals surface area contributed by atoms with Gasteiger partial charge in [-0.2, -0.15) is 0 Å². The SMILES string of the molecule is Cc1cc(O)ccc1-c1cc(O)c2ccccc2c1O. The zero-order valence-corrected chi connectivity index (χ0v) is 11.0. The summed E-state index contributed by atoms with van der Waals surface area (Å²) in [5.41, 5.74) is 2.16. The molecule has 20 heavy (non-hydrogen) atoms. The number of phenolic OH excluding ortho intramolecular Hbond substituents is 3. The van der Waals surface area contributed by atoms with Crippen LogP contribution in [0.1, 0.15) is 5.56 Å². The van der Waals surface area contributed by atoms with Crippen LogP contribution in [0.3, 0.4) is 0 Å².